The monoisotopic (exact) mass is 387 g/mol. The molecular formula is C20H25N3OS2. The summed E-state index contributed by atoms with van der Waals surface area (Å²) >= 11 is 3.60. The van der Waals surface area contributed by atoms with Crippen molar-refractivity contribution >= 4 is 29.0 Å². The summed E-state index contributed by atoms with van der Waals surface area (Å²) in [6.45, 7) is 2.65. The zero-order valence-corrected chi connectivity index (χ0v) is 16.5. The number of carbonyl (C=O) groups is 1. The summed E-state index contributed by atoms with van der Waals surface area (Å²) in [5, 5.41) is 5.55. The summed E-state index contributed by atoms with van der Waals surface area (Å²) in [6, 6.07) is 8.41. The van der Waals surface area contributed by atoms with Crippen molar-refractivity contribution in [3.63, 3.8) is 0 Å². The number of nitrogens with zero attached hydrogens (tertiary/aromatic N) is 2. The van der Waals surface area contributed by atoms with Gasteiger partial charge in [-0.2, -0.15) is 0 Å². The topological polar surface area (TPSA) is 45.2 Å². The smallest absolute Gasteiger partial charge is 0.240 e. The second kappa shape index (κ2) is 8.55. The number of rotatable bonds is 4. The van der Waals surface area contributed by atoms with Gasteiger partial charge in [0, 0.05) is 17.1 Å². The molecular weight excluding hydrogens is 362 g/mol. The number of aromatic nitrogens is 1. The van der Waals surface area contributed by atoms with E-state index in [-0.39, 0.29) is 11.2 Å². The Kier molecular flexibility index (Phi) is 5.92. The maximum absolute atomic E-state index is 13.6. The van der Waals surface area contributed by atoms with Gasteiger partial charge in [-0.1, -0.05) is 6.07 Å². The predicted octanol–water partition coefficient (Wildman–Crippen LogP) is 3.64. The highest BCUT2D eigenvalue weighted by molar-refractivity contribution is 8.00. The molecule has 0 saturated carbocycles. The zero-order chi connectivity index (χ0) is 17.8. The lowest BCUT2D eigenvalue weighted by atomic mass is 10.0. The molecule has 1 saturated heterocycles. The Morgan fingerprint density at radius 3 is 3.12 bits per heavy atom. The first-order valence-electron chi connectivity index (χ1n) is 9.42. The van der Waals surface area contributed by atoms with Gasteiger partial charge in [0.05, 0.1) is 12.2 Å². The number of thioether (sulfide) groups is 1. The number of hydrogen-bond acceptors (Lipinski definition) is 5. The molecule has 1 amide bonds. The quantitative estimate of drug-likeness (QED) is 0.870. The van der Waals surface area contributed by atoms with Crippen LogP contribution in [-0.2, 0) is 17.8 Å². The highest BCUT2D eigenvalue weighted by Crippen LogP contribution is 2.41. The number of thiophene rings is 1. The van der Waals surface area contributed by atoms with Crippen molar-refractivity contribution in [1.82, 2.24) is 15.2 Å². The van der Waals surface area contributed by atoms with Crippen LogP contribution in [0.4, 0.5) is 0 Å². The molecule has 2 unspecified atom stereocenters. The molecule has 2 atom stereocenters. The van der Waals surface area contributed by atoms with Crippen molar-refractivity contribution in [2.24, 2.45) is 0 Å². The van der Waals surface area contributed by atoms with Crippen LogP contribution in [0.1, 0.15) is 40.6 Å². The average molecular weight is 388 g/mol. The fourth-order valence-corrected chi connectivity index (χ4v) is 6.23. The van der Waals surface area contributed by atoms with E-state index >= 15 is 0 Å². The Balaban J connectivity index is 1.60. The molecule has 4 rings (SSSR count). The molecule has 138 valence electrons. The summed E-state index contributed by atoms with van der Waals surface area (Å²) < 4.78 is 0. The van der Waals surface area contributed by atoms with Gasteiger partial charge in [-0.25, -0.2) is 0 Å². The van der Waals surface area contributed by atoms with Crippen LogP contribution >= 0.6 is 23.1 Å². The largest absolute Gasteiger partial charge is 0.333 e. The lowest BCUT2D eigenvalue weighted by Crippen LogP contribution is -2.43. The van der Waals surface area contributed by atoms with Gasteiger partial charge < -0.3 is 10.2 Å². The summed E-state index contributed by atoms with van der Waals surface area (Å²) in [7, 11) is 0. The average Bonchev–Trinajstić information content (AvgIpc) is 3.01. The van der Waals surface area contributed by atoms with E-state index in [2.05, 4.69) is 26.6 Å². The number of fused-ring (bicyclic) bond motifs is 1. The molecule has 0 radical (unpaired) electrons. The van der Waals surface area contributed by atoms with Crippen molar-refractivity contribution < 1.29 is 4.79 Å². The molecule has 2 aliphatic rings. The summed E-state index contributed by atoms with van der Waals surface area (Å²) in [4.78, 5) is 21.6. The SMILES string of the molecule is O=C(C1SCCc2sccc21)N(Cc1ccccn1)C1CCCNCC1. The lowest BCUT2D eigenvalue weighted by Gasteiger charge is -2.35. The number of nitrogens with one attached hydrogen (secondary N) is 1. The molecule has 0 aliphatic carbocycles. The van der Waals surface area contributed by atoms with Crippen LogP contribution in [0.2, 0.25) is 0 Å². The fourth-order valence-electron chi connectivity index (χ4n) is 3.87. The van der Waals surface area contributed by atoms with E-state index in [1.807, 2.05) is 24.4 Å². The summed E-state index contributed by atoms with van der Waals surface area (Å²) in [6.07, 6.45) is 6.12. The molecule has 0 aromatic carbocycles. The highest BCUT2D eigenvalue weighted by Gasteiger charge is 2.34. The van der Waals surface area contributed by atoms with Crippen LogP contribution in [0.5, 0.6) is 0 Å². The minimum absolute atomic E-state index is 0.0510. The third-order valence-corrected chi connectivity index (χ3v) is 7.45. The van der Waals surface area contributed by atoms with Gasteiger partial charge in [-0.15, -0.1) is 23.1 Å². The minimum Gasteiger partial charge on any atom is -0.333 e. The molecule has 1 fully saturated rings. The molecule has 2 aromatic heterocycles. The second-order valence-electron chi connectivity index (χ2n) is 6.92. The van der Waals surface area contributed by atoms with E-state index in [9.17, 15) is 4.79 Å². The Hall–Kier alpha value is -1.37. The van der Waals surface area contributed by atoms with Crippen LogP contribution in [0, 0.1) is 0 Å². The first kappa shape index (κ1) is 18.0. The van der Waals surface area contributed by atoms with Gasteiger partial charge >= 0.3 is 0 Å². The van der Waals surface area contributed by atoms with E-state index in [0.717, 1.165) is 50.2 Å². The van der Waals surface area contributed by atoms with Gasteiger partial charge in [-0.05, 0) is 73.7 Å². The Morgan fingerprint density at radius 1 is 1.27 bits per heavy atom. The van der Waals surface area contributed by atoms with Crippen LogP contribution in [0.3, 0.4) is 0 Å². The van der Waals surface area contributed by atoms with Crippen molar-refractivity contribution in [3.05, 3.63) is 52.0 Å². The molecule has 26 heavy (non-hydrogen) atoms. The van der Waals surface area contributed by atoms with E-state index in [4.69, 9.17) is 0 Å². The van der Waals surface area contributed by atoms with Crippen molar-refractivity contribution in [2.75, 3.05) is 18.8 Å². The molecule has 2 aromatic rings. The van der Waals surface area contributed by atoms with Gasteiger partial charge in [-0.3, -0.25) is 9.78 Å². The van der Waals surface area contributed by atoms with Gasteiger partial charge in [0.1, 0.15) is 5.25 Å². The molecule has 1 N–H and O–H groups in total. The van der Waals surface area contributed by atoms with Gasteiger partial charge in [0.15, 0.2) is 0 Å². The van der Waals surface area contributed by atoms with E-state index in [0.29, 0.717) is 12.6 Å². The zero-order valence-electron chi connectivity index (χ0n) is 14.9. The van der Waals surface area contributed by atoms with Crippen molar-refractivity contribution in [1.29, 1.82) is 0 Å². The number of hydrogen-bond donors (Lipinski definition) is 1. The Bertz CT molecular complexity index is 726. The Labute approximate surface area is 163 Å². The van der Waals surface area contributed by atoms with E-state index in [1.54, 1.807) is 23.1 Å². The first-order valence-corrected chi connectivity index (χ1v) is 11.3. The van der Waals surface area contributed by atoms with Crippen LogP contribution in [-0.4, -0.2) is 40.7 Å². The molecule has 2 aliphatic heterocycles. The highest BCUT2D eigenvalue weighted by atomic mass is 32.2. The number of aryl methyl sites for hydroxylation is 1. The first-order chi connectivity index (χ1) is 12.8. The second-order valence-corrected chi connectivity index (χ2v) is 9.14. The van der Waals surface area contributed by atoms with Gasteiger partial charge in [0.2, 0.25) is 5.91 Å². The van der Waals surface area contributed by atoms with Crippen molar-refractivity contribution in [3.8, 4) is 0 Å². The molecule has 4 nitrogen and oxygen atoms in total. The fraction of sp³-hybridized carbons (Fsp3) is 0.500. The molecule has 0 spiro atoms. The summed E-state index contributed by atoms with van der Waals surface area (Å²) in [5.74, 6) is 1.31. The lowest BCUT2D eigenvalue weighted by molar-refractivity contribution is -0.134. The van der Waals surface area contributed by atoms with Crippen LogP contribution < -0.4 is 5.32 Å². The number of amides is 1. The number of carbonyl (C=O) groups excluding carboxylic acids is 1. The maximum Gasteiger partial charge on any atom is 0.240 e. The van der Waals surface area contributed by atoms with Crippen LogP contribution in [0.25, 0.3) is 0 Å². The summed E-state index contributed by atoms with van der Waals surface area (Å²) in [5.41, 5.74) is 2.22. The van der Waals surface area contributed by atoms with Crippen LogP contribution in [0.15, 0.2) is 35.8 Å². The molecule has 4 heterocycles. The normalized spacial score (nSPS) is 23.1. The van der Waals surface area contributed by atoms with Gasteiger partial charge in [0.25, 0.3) is 0 Å². The third-order valence-electron chi connectivity index (χ3n) is 5.23. The van der Waals surface area contributed by atoms with E-state index < -0.39 is 0 Å². The standard InChI is InChI=1S/C20H25N3OS2/c24-20(19-17-7-12-25-18(17)8-13-26-19)23(14-15-4-1-2-10-22-15)16-5-3-9-21-11-6-16/h1-2,4,7,10,12,16,19,21H,3,5-6,8-9,11,13-14H2. The van der Waals surface area contributed by atoms with E-state index in [1.165, 1.54) is 10.4 Å². The maximum atomic E-state index is 13.6. The predicted molar refractivity (Wildman–Crippen MR) is 109 cm³/mol. The molecule has 0 bridgehead atoms. The molecule has 6 heteroatoms. The number of pyridine rings is 1. The minimum atomic E-state index is -0.0510. The third kappa shape index (κ3) is 3.97. The van der Waals surface area contributed by atoms with Crippen molar-refractivity contribution in [2.45, 2.75) is 43.5 Å². The Morgan fingerprint density at radius 2 is 2.23 bits per heavy atom.